The van der Waals surface area contributed by atoms with Crippen LogP contribution in [0.1, 0.15) is 45.5 Å². The van der Waals surface area contributed by atoms with E-state index < -0.39 is 0 Å². The SMILES string of the molecule is CCNC(Cc1nc(C2COCCO2)no1)C(C)(C)C. The van der Waals surface area contributed by atoms with E-state index in [1.165, 1.54) is 0 Å². The molecule has 1 N–H and O–H groups in total. The van der Waals surface area contributed by atoms with Crippen molar-refractivity contribution in [2.24, 2.45) is 5.41 Å². The zero-order chi connectivity index (χ0) is 14.6. The number of rotatable bonds is 5. The lowest BCUT2D eigenvalue weighted by Crippen LogP contribution is -2.42. The van der Waals surface area contributed by atoms with Gasteiger partial charge in [-0.05, 0) is 12.0 Å². The summed E-state index contributed by atoms with van der Waals surface area (Å²) in [7, 11) is 0. The predicted octanol–water partition coefficient (Wildman–Crippen LogP) is 1.72. The molecule has 6 heteroatoms. The van der Waals surface area contributed by atoms with Crippen LogP contribution in [-0.2, 0) is 15.9 Å². The maximum absolute atomic E-state index is 5.57. The Hall–Kier alpha value is -0.980. The van der Waals surface area contributed by atoms with Gasteiger partial charge in [-0.1, -0.05) is 32.9 Å². The second-order valence-corrected chi connectivity index (χ2v) is 6.16. The van der Waals surface area contributed by atoms with Crippen LogP contribution in [0.15, 0.2) is 4.52 Å². The van der Waals surface area contributed by atoms with Gasteiger partial charge in [-0.2, -0.15) is 4.98 Å². The fraction of sp³-hybridized carbons (Fsp3) is 0.857. The minimum Gasteiger partial charge on any atom is -0.376 e. The van der Waals surface area contributed by atoms with Crippen molar-refractivity contribution in [3.8, 4) is 0 Å². The van der Waals surface area contributed by atoms with Gasteiger partial charge in [-0.25, -0.2) is 0 Å². The molecular formula is C14H25N3O3. The molecule has 0 radical (unpaired) electrons. The van der Waals surface area contributed by atoms with E-state index in [0.29, 0.717) is 37.6 Å². The van der Waals surface area contributed by atoms with E-state index in [9.17, 15) is 0 Å². The molecule has 2 heterocycles. The van der Waals surface area contributed by atoms with E-state index in [-0.39, 0.29) is 11.5 Å². The van der Waals surface area contributed by atoms with Crippen LogP contribution in [0, 0.1) is 5.41 Å². The molecule has 0 aromatic carbocycles. The van der Waals surface area contributed by atoms with Gasteiger partial charge in [0.2, 0.25) is 11.7 Å². The highest BCUT2D eigenvalue weighted by atomic mass is 16.6. The lowest BCUT2D eigenvalue weighted by Gasteiger charge is -2.30. The van der Waals surface area contributed by atoms with Gasteiger partial charge in [-0.3, -0.25) is 0 Å². The molecule has 2 atom stereocenters. The van der Waals surface area contributed by atoms with E-state index in [4.69, 9.17) is 14.0 Å². The van der Waals surface area contributed by atoms with E-state index in [1.54, 1.807) is 0 Å². The van der Waals surface area contributed by atoms with Crippen LogP contribution in [0.4, 0.5) is 0 Å². The second-order valence-electron chi connectivity index (χ2n) is 6.16. The third kappa shape index (κ3) is 4.01. The number of nitrogens with one attached hydrogen (secondary N) is 1. The summed E-state index contributed by atoms with van der Waals surface area (Å²) >= 11 is 0. The normalized spacial score (nSPS) is 21.9. The third-order valence-corrected chi connectivity index (χ3v) is 3.46. The summed E-state index contributed by atoms with van der Waals surface area (Å²) in [5.74, 6) is 1.24. The van der Waals surface area contributed by atoms with E-state index in [1.807, 2.05) is 0 Å². The first-order valence-corrected chi connectivity index (χ1v) is 7.26. The Balaban J connectivity index is 2.00. The van der Waals surface area contributed by atoms with Crippen LogP contribution in [0.2, 0.25) is 0 Å². The summed E-state index contributed by atoms with van der Waals surface area (Å²) in [5.41, 5.74) is 0.134. The highest BCUT2D eigenvalue weighted by molar-refractivity contribution is 4.96. The first-order valence-electron chi connectivity index (χ1n) is 7.26. The summed E-state index contributed by atoms with van der Waals surface area (Å²) in [6.07, 6.45) is 0.520. The number of hydrogen-bond donors (Lipinski definition) is 1. The van der Waals surface area contributed by atoms with Crippen molar-refractivity contribution < 1.29 is 14.0 Å². The molecular weight excluding hydrogens is 258 g/mol. The molecule has 1 aliphatic heterocycles. The monoisotopic (exact) mass is 283 g/mol. The van der Waals surface area contributed by atoms with Crippen LogP contribution in [0.5, 0.6) is 0 Å². The Bertz CT molecular complexity index is 408. The van der Waals surface area contributed by atoms with Gasteiger partial charge in [0, 0.05) is 12.5 Å². The Labute approximate surface area is 120 Å². The average molecular weight is 283 g/mol. The third-order valence-electron chi connectivity index (χ3n) is 3.46. The van der Waals surface area contributed by atoms with Gasteiger partial charge in [0.05, 0.1) is 19.8 Å². The molecule has 2 unspecified atom stereocenters. The Morgan fingerprint density at radius 2 is 2.15 bits per heavy atom. The fourth-order valence-electron chi connectivity index (χ4n) is 2.22. The summed E-state index contributed by atoms with van der Waals surface area (Å²) in [6, 6.07) is 0.296. The van der Waals surface area contributed by atoms with Crippen molar-refractivity contribution in [1.29, 1.82) is 0 Å². The zero-order valence-corrected chi connectivity index (χ0v) is 12.8. The molecule has 0 saturated carbocycles. The van der Waals surface area contributed by atoms with Crippen LogP contribution < -0.4 is 5.32 Å². The van der Waals surface area contributed by atoms with Crippen molar-refractivity contribution in [1.82, 2.24) is 15.5 Å². The van der Waals surface area contributed by atoms with Gasteiger partial charge >= 0.3 is 0 Å². The standard InChI is InChI=1S/C14H25N3O3/c1-5-15-11(14(2,3)4)8-12-16-13(17-20-12)10-9-18-6-7-19-10/h10-11,15H,5-9H2,1-4H3. The Morgan fingerprint density at radius 1 is 1.35 bits per heavy atom. The van der Waals surface area contributed by atoms with Crippen molar-refractivity contribution in [3.05, 3.63) is 11.7 Å². The first kappa shape index (κ1) is 15.4. The molecule has 114 valence electrons. The summed E-state index contributed by atoms with van der Waals surface area (Å²) in [6.45, 7) is 11.3. The van der Waals surface area contributed by atoms with Gasteiger partial charge in [0.25, 0.3) is 0 Å². The van der Waals surface area contributed by atoms with Crippen molar-refractivity contribution in [2.75, 3.05) is 26.4 Å². The molecule has 1 saturated heterocycles. The lowest BCUT2D eigenvalue weighted by atomic mass is 9.84. The molecule has 1 aliphatic rings. The molecule has 1 aromatic heterocycles. The molecule has 1 aromatic rings. The highest BCUT2D eigenvalue weighted by Crippen LogP contribution is 2.23. The molecule has 20 heavy (non-hydrogen) atoms. The smallest absolute Gasteiger partial charge is 0.228 e. The molecule has 0 amide bonds. The van der Waals surface area contributed by atoms with Crippen molar-refractivity contribution in [3.63, 3.8) is 0 Å². The second kappa shape index (κ2) is 6.65. The van der Waals surface area contributed by atoms with Gasteiger partial charge in [-0.15, -0.1) is 0 Å². The van der Waals surface area contributed by atoms with Crippen LogP contribution in [0.3, 0.4) is 0 Å². The molecule has 6 nitrogen and oxygen atoms in total. The minimum atomic E-state index is -0.200. The molecule has 0 spiro atoms. The van der Waals surface area contributed by atoms with Crippen LogP contribution >= 0.6 is 0 Å². The maximum Gasteiger partial charge on any atom is 0.228 e. The fourth-order valence-corrected chi connectivity index (χ4v) is 2.22. The molecule has 0 bridgehead atoms. The molecule has 2 rings (SSSR count). The highest BCUT2D eigenvalue weighted by Gasteiger charge is 2.28. The van der Waals surface area contributed by atoms with Crippen molar-refractivity contribution >= 4 is 0 Å². The summed E-state index contributed by atoms with van der Waals surface area (Å²) in [5, 5.41) is 7.49. The van der Waals surface area contributed by atoms with Gasteiger partial charge < -0.3 is 19.3 Å². The molecule has 1 fully saturated rings. The van der Waals surface area contributed by atoms with Crippen LogP contribution in [0.25, 0.3) is 0 Å². The number of nitrogens with zero attached hydrogens (tertiary/aromatic N) is 2. The largest absolute Gasteiger partial charge is 0.376 e. The Kier molecular flexibility index (Phi) is 5.12. The van der Waals surface area contributed by atoms with Crippen LogP contribution in [-0.4, -0.2) is 42.5 Å². The minimum absolute atomic E-state index is 0.134. The van der Waals surface area contributed by atoms with E-state index >= 15 is 0 Å². The van der Waals surface area contributed by atoms with Gasteiger partial charge in [0.1, 0.15) is 6.10 Å². The summed E-state index contributed by atoms with van der Waals surface area (Å²) < 4.78 is 16.3. The topological polar surface area (TPSA) is 69.4 Å². The van der Waals surface area contributed by atoms with Gasteiger partial charge in [0.15, 0.2) is 0 Å². The van der Waals surface area contributed by atoms with Crippen molar-refractivity contribution in [2.45, 2.75) is 46.3 Å². The first-order chi connectivity index (χ1) is 9.50. The summed E-state index contributed by atoms with van der Waals surface area (Å²) in [4.78, 5) is 4.45. The number of likely N-dealkylation sites (N-methyl/N-ethyl adjacent to an activating group) is 1. The average Bonchev–Trinajstić information content (AvgIpc) is 2.87. The number of hydrogen-bond acceptors (Lipinski definition) is 6. The quantitative estimate of drug-likeness (QED) is 0.887. The molecule has 0 aliphatic carbocycles. The zero-order valence-electron chi connectivity index (χ0n) is 12.8. The maximum atomic E-state index is 5.57. The number of aromatic nitrogens is 2. The van der Waals surface area contributed by atoms with E-state index in [0.717, 1.165) is 13.0 Å². The number of ether oxygens (including phenoxy) is 2. The predicted molar refractivity (Wildman–Crippen MR) is 74.4 cm³/mol. The van der Waals surface area contributed by atoms with E-state index in [2.05, 4.69) is 43.2 Å². The Morgan fingerprint density at radius 3 is 2.75 bits per heavy atom. The lowest BCUT2D eigenvalue weighted by molar-refractivity contribution is -0.0941.